The molecule has 1 heterocycles. The standard InChI is InChI=1S/C15H21N3O2S/c1-16-8-10-17(2)14(19)7-9-18-12-5-3-4-6-13(12)21-11-15(18)20/h3-6,16H,7-11H2,1-2H3. The first-order valence-corrected chi connectivity index (χ1v) is 8.03. The maximum absolute atomic E-state index is 12.1. The Morgan fingerprint density at radius 1 is 1.43 bits per heavy atom. The van der Waals surface area contributed by atoms with E-state index in [1.807, 2.05) is 31.3 Å². The number of hydrogen-bond donors (Lipinski definition) is 1. The predicted octanol–water partition coefficient (Wildman–Crippen LogP) is 1.19. The van der Waals surface area contributed by atoms with E-state index in [9.17, 15) is 9.59 Å². The zero-order valence-corrected chi connectivity index (χ0v) is 13.3. The fourth-order valence-electron chi connectivity index (χ4n) is 2.20. The number of carbonyl (C=O) groups is 2. The second kappa shape index (κ2) is 7.47. The van der Waals surface area contributed by atoms with Crippen LogP contribution in [0.25, 0.3) is 0 Å². The van der Waals surface area contributed by atoms with Crippen LogP contribution in [0.15, 0.2) is 29.2 Å². The van der Waals surface area contributed by atoms with Gasteiger partial charge in [-0.15, -0.1) is 11.8 Å². The molecule has 0 atom stereocenters. The van der Waals surface area contributed by atoms with Crippen molar-refractivity contribution in [2.75, 3.05) is 44.4 Å². The average molecular weight is 307 g/mol. The molecule has 0 bridgehead atoms. The molecular weight excluding hydrogens is 286 g/mol. The van der Waals surface area contributed by atoms with Crippen molar-refractivity contribution in [3.8, 4) is 0 Å². The molecule has 0 radical (unpaired) electrons. The van der Waals surface area contributed by atoms with Crippen molar-refractivity contribution in [3.63, 3.8) is 0 Å². The number of likely N-dealkylation sites (N-methyl/N-ethyl adjacent to an activating group) is 2. The summed E-state index contributed by atoms with van der Waals surface area (Å²) in [5, 5.41) is 3.02. The Kier molecular flexibility index (Phi) is 5.64. The number of thioether (sulfide) groups is 1. The summed E-state index contributed by atoms with van der Waals surface area (Å²) in [6.07, 6.45) is 0.352. The van der Waals surface area contributed by atoms with Crippen molar-refractivity contribution >= 4 is 29.3 Å². The highest BCUT2D eigenvalue weighted by Gasteiger charge is 2.24. The first kappa shape index (κ1) is 15.9. The highest BCUT2D eigenvalue weighted by atomic mass is 32.2. The number of para-hydroxylation sites is 1. The van der Waals surface area contributed by atoms with E-state index in [0.717, 1.165) is 17.1 Å². The van der Waals surface area contributed by atoms with Crippen LogP contribution < -0.4 is 10.2 Å². The van der Waals surface area contributed by atoms with E-state index in [1.165, 1.54) is 0 Å². The number of rotatable bonds is 6. The Morgan fingerprint density at radius 3 is 2.95 bits per heavy atom. The summed E-state index contributed by atoms with van der Waals surface area (Å²) in [7, 11) is 3.65. The smallest absolute Gasteiger partial charge is 0.237 e. The molecule has 0 unspecified atom stereocenters. The van der Waals surface area contributed by atoms with Gasteiger partial charge in [0.15, 0.2) is 0 Å². The van der Waals surface area contributed by atoms with Gasteiger partial charge in [-0.3, -0.25) is 9.59 Å². The summed E-state index contributed by atoms with van der Waals surface area (Å²) in [6, 6.07) is 7.84. The van der Waals surface area contributed by atoms with Crippen LogP contribution in [-0.4, -0.2) is 56.2 Å². The van der Waals surface area contributed by atoms with Crippen molar-refractivity contribution in [2.45, 2.75) is 11.3 Å². The van der Waals surface area contributed by atoms with Crippen molar-refractivity contribution in [1.82, 2.24) is 10.2 Å². The Morgan fingerprint density at radius 2 is 2.19 bits per heavy atom. The van der Waals surface area contributed by atoms with Gasteiger partial charge in [0.25, 0.3) is 0 Å². The minimum Gasteiger partial charge on any atom is -0.344 e. The van der Waals surface area contributed by atoms with Crippen LogP contribution in [0.2, 0.25) is 0 Å². The Balaban J connectivity index is 1.96. The van der Waals surface area contributed by atoms with Crippen LogP contribution in [0.1, 0.15) is 6.42 Å². The number of benzene rings is 1. The first-order chi connectivity index (χ1) is 10.1. The molecule has 5 nitrogen and oxygen atoms in total. The average Bonchev–Trinajstić information content (AvgIpc) is 2.51. The predicted molar refractivity (Wildman–Crippen MR) is 85.7 cm³/mol. The lowest BCUT2D eigenvalue weighted by Crippen LogP contribution is -2.39. The molecule has 21 heavy (non-hydrogen) atoms. The third-order valence-corrected chi connectivity index (χ3v) is 4.53. The lowest BCUT2D eigenvalue weighted by Gasteiger charge is -2.29. The van der Waals surface area contributed by atoms with Gasteiger partial charge in [-0.05, 0) is 19.2 Å². The van der Waals surface area contributed by atoms with E-state index < -0.39 is 0 Å². The van der Waals surface area contributed by atoms with E-state index in [0.29, 0.717) is 25.3 Å². The van der Waals surface area contributed by atoms with Gasteiger partial charge in [0.05, 0.1) is 11.4 Å². The zero-order valence-electron chi connectivity index (χ0n) is 12.5. The lowest BCUT2D eigenvalue weighted by molar-refractivity contribution is -0.129. The highest BCUT2D eigenvalue weighted by molar-refractivity contribution is 8.00. The van der Waals surface area contributed by atoms with Gasteiger partial charge in [-0.25, -0.2) is 0 Å². The first-order valence-electron chi connectivity index (χ1n) is 7.04. The van der Waals surface area contributed by atoms with Gasteiger partial charge in [0, 0.05) is 38.0 Å². The third kappa shape index (κ3) is 3.98. The second-order valence-corrected chi connectivity index (χ2v) is 5.99. The summed E-state index contributed by atoms with van der Waals surface area (Å²) in [5.41, 5.74) is 0.921. The van der Waals surface area contributed by atoms with Crippen molar-refractivity contribution in [2.24, 2.45) is 0 Å². The van der Waals surface area contributed by atoms with Gasteiger partial charge in [-0.2, -0.15) is 0 Å². The van der Waals surface area contributed by atoms with E-state index in [4.69, 9.17) is 0 Å². The van der Waals surface area contributed by atoms with Crippen LogP contribution in [0, 0.1) is 0 Å². The van der Waals surface area contributed by atoms with Crippen LogP contribution >= 0.6 is 11.8 Å². The summed E-state index contributed by atoms with van der Waals surface area (Å²) in [4.78, 5) is 28.7. The van der Waals surface area contributed by atoms with E-state index >= 15 is 0 Å². The van der Waals surface area contributed by atoms with Crippen LogP contribution in [0.5, 0.6) is 0 Å². The number of hydrogen-bond acceptors (Lipinski definition) is 4. The van der Waals surface area contributed by atoms with Gasteiger partial charge in [0.2, 0.25) is 11.8 Å². The number of anilines is 1. The Labute approximate surface area is 129 Å². The molecule has 2 amide bonds. The molecule has 0 aromatic heterocycles. The Hall–Kier alpha value is -1.53. The monoisotopic (exact) mass is 307 g/mol. The van der Waals surface area contributed by atoms with E-state index in [2.05, 4.69) is 5.32 Å². The molecule has 114 valence electrons. The lowest BCUT2D eigenvalue weighted by atomic mass is 10.2. The molecule has 1 aliphatic heterocycles. The van der Waals surface area contributed by atoms with Crippen LogP contribution in [0.3, 0.4) is 0 Å². The van der Waals surface area contributed by atoms with E-state index in [-0.39, 0.29) is 11.8 Å². The number of amides is 2. The maximum Gasteiger partial charge on any atom is 0.237 e. The van der Waals surface area contributed by atoms with Gasteiger partial charge < -0.3 is 15.1 Å². The Bertz CT molecular complexity index is 521. The SMILES string of the molecule is CNCCN(C)C(=O)CCN1C(=O)CSc2ccccc21. The molecule has 1 N–H and O–H groups in total. The largest absolute Gasteiger partial charge is 0.344 e. The maximum atomic E-state index is 12.1. The van der Waals surface area contributed by atoms with Crippen molar-refractivity contribution < 1.29 is 9.59 Å². The molecule has 2 rings (SSSR count). The van der Waals surface area contributed by atoms with Crippen molar-refractivity contribution in [3.05, 3.63) is 24.3 Å². The molecule has 6 heteroatoms. The third-order valence-electron chi connectivity index (χ3n) is 3.48. The van der Waals surface area contributed by atoms with Crippen LogP contribution in [0.4, 0.5) is 5.69 Å². The molecule has 0 saturated carbocycles. The molecule has 0 saturated heterocycles. The van der Waals surface area contributed by atoms with E-state index in [1.54, 1.807) is 28.6 Å². The molecular formula is C15H21N3O2S. The summed E-state index contributed by atoms with van der Waals surface area (Å²) in [6.45, 7) is 1.89. The molecule has 0 fully saturated rings. The quantitative estimate of drug-likeness (QED) is 0.858. The minimum atomic E-state index is 0.0637. The molecule has 1 aliphatic rings. The fraction of sp³-hybridized carbons (Fsp3) is 0.467. The molecule has 0 spiro atoms. The molecule has 1 aromatic carbocycles. The number of carbonyl (C=O) groups excluding carboxylic acids is 2. The van der Waals surface area contributed by atoms with Gasteiger partial charge in [-0.1, -0.05) is 12.1 Å². The molecule has 0 aliphatic carbocycles. The fourth-order valence-corrected chi connectivity index (χ4v) is 3.14. The highest BCUT2D eigenvalue weighted by Crippen LogP contribution is 2.34. The minimum absolute atomic E-state index is 0.0637. The number of nitrogens with zero attached hydrogens (tertiary/aromatic N) is 2. The molecule has 1 aromatic rings. The van der Waals surface area contributed by atoms with Crippen LogP contribution in [-0.2, 0) is 9.59 Å². The number of fused-ring (bicyclic) bond motifs is 1. The topological polar surface area (TPSA) is 52.7 Å². The second-order valence-electron chi connectivity index (χ2n) is 4.97. The normalized spacial score (nSPS) is 14.0. The van der Waals surface area contributed by atoms with Gasteiger partial charge in [0.1, 0.15) is 0 Å². The number of nitrogens with one attached hydrogen (secondary N) is 1. The zero-order chi connectivity index (χ0) is 15.2. The summed E-state index contributed by atoms with van der Waals surface area (Å²) < 4.78 is 0. The van der Waals surface area contributed by atoms with Crippen molar-refractivity contribution in [1.29, 1.82) is 0 Å². The summed E-state index contributed by atoms with van der Waals surface area (Å²) in [5.74, 6) is 0.582. The summed E-state index contributed by atoms with van der Waals surface area (Å²) >= 11 is 1.56. The van der Waals surface area contributed by atoms with Gasteiger partial charge >= 0.3 is 0 Å².